The molecular formula is C21H19N3O4. The lowest BCUT2D eigenvalue weighted by atomic mass is 10.1. The van der Waals surface area contributed by atoms with E-state index in [1.54, 1.807) is 26.2 Å². The van der Waals surface area contributed by atoms with Gasteiger partial charge in [-0.25, -0.2) is 4.79 Å². The number of aromatic nitrogens is 1. The minimum Gasteiger partial charge on any atom is -0.459 e. The third kappa shape index (κ3) is 4.50. The summed E-state index contributed by atoms with van der Waals surface area (Å²) in [6.07, 6.45) is 3.14. The van der Waals surface area contributed by atoms with E-state index in [0.717, 1.165) is 11.1 Å². The second kappa shape index (κ2) is 8.30. The van der Waals surface area contributed by atoms with Gasteiger partial charge in [-0.2, -0.15) is 0 Å². The average Bonchev–Trinajstić information content (AvgIpc) is 2.68. The Kier molecular flexibility index (Phi) is 5.64. The highest BCUT2D eigenvalue weighted by Gasteiger charge is 2.19. The monoisotopic (exact) mass is 377 g/mol. The van der Waals surface area contributed by atoms with Gasteiger partial charge in [0.25, 0.3) is 5.69 Å². The Morgan fingerprint density at radius 3 is 2.57 bits per heavy atom. The Bertz CT molecular complexity index is 1000. The number of anilines is 2. The van der Waals surface area contributed by atoms with Crippen molar-refractivity contribution in [3.05, 3.63) is 82.7 Å². The Morgan fingerprint density at radius 2 is 1.89 bits per heavy atom. The molecule has 0 atom stereocenters. The first-order valence-electron chi connectivity index (χ1n) is 8.71. The van der Waals surface area contributed by atoms with Crippen LogP contribution in [0.3, 0.4) is 0 Å². The highest BCUT2D eigenvalue weighted by Crippen LogP contribution is 2.30. The highest BCUT2D eigenvalue weighted by molar-refractivity contribution is 5.92. The molecule has 142 valence electrons. The number of nitrogens with one attached hydrogen (secondary N) is 1. The molecule has 0 aliphatic heterocycles. The first kappa shape index (κ1) is 19.0. The van der Waals surface area contributed by atoms with Crippen molar-refractivity contribution >= 4 is 23.0 Å². The van der Waals surface area contributed by atoms with Crippen molar-refractivity contribution in [3.63, 3.8) is 0 Å². The molecule has 0 unspecified atom stereocenters. The zero-order valence-corrected chi connectivity index (χ0v) is 15.5. The van der Waals surface area contributed by atoms with E-state index in [1.807, 2.05) is 36.4 Å². The molecule has 0 saturated heterocycles. The predicted molar refractivity (Wildman–Crippen MR) is 107 cm³/mol. The molecule has 7 heteroatoms. The number of hydrogen-bond acceptors (Lipinski definition) is 6. The summed E-state index contributed by atoms with van der Waals surface area (Å²) in [5.41, 5.74) is 2.77. The molecular weight excluding hydrogens is 358 g/mol. The molecule has 0 aliphatic rings. The lowest BCUT2D eigenvalue weighted by molar-refractivity contribution is -0.383. The molecule has 1 heterocycles. The molecule has 0 radical (unpaired) electrons. The van der Waals surface area contributed by atoms with Crippen LogP contribution in [0.15, 0.2) is 67.0 Å². The minimum atomic E-state index is -0.594. The van der Waals surface area contributed by atoms with Gasteiger partial charge in [-0.3, -0.25) is 15.1 Å². The van der Waals surface area contributed by atoms with Gasteiger partial charge in [-0.1, -0.05) is 18.2 Å². The van der Waals surface area contributed by atoms with Gasteiger partial charge in [-0.05, 0) is 49.7 Å². The number of nitrogens with zero attached hydrogens (tertiary/aromatic N) is 2. The number of carbonyl (C=O) groups is 1. The van der Waals surface area contributed by atoms with Gasteiger partial charge in [0.2, 0.25) is 0 Å². The summed E-state index contributed by atoms with van der Waals surface area (Å²) in [4.78, 5) is 27.1. The molecule has 3 rings (SSSR count). The third-order valence-corrected chi connectivity index (χ3v) is 3.91. The number of nitro benzene ring substituents is 1. The molecule has 28 heavy (non-hydrogen) atoms. The lowest BCUT2D eigenvalue weighted by Crippen LogP contribution is -2.12. The van der Waals surface area contributed by atoms with Crippen LogP contribution in [-0.2, 0) is 4.74 Å². The van der Waals surface area contributed by atoms with Crippen molar-refractivity contribution in [2.75, 3.05) is 5.32 Å². The Labute approximate surface area is 162 Å². The molecule has 1 aromatic heterocycles. The molecule has 0 saturated carbocycles. The van der Waals surface area contributed by atoms with Gasteiger partial charge in [-0.15, -0.1) is 0 Å². The van der Waals surface area contributed by atoms with Gasteiger partial charge in [0, 0.05) is 29.7 Å². The number of pyridine rings is 1. The molecule has 0 fully saturated rings. The van der Waals surface area contributed by atoms with Gasteiger partial charge in [0.15, 0.2) is 0 Å². The Hall–Kier alpha value is -3.74. The number of hydrogen-bond donors (Lipinski definition) is 1. The van der Waals surface area contributed by atoms with Gasteiger partial charge >= 0.3 is 5.97 Å². The SMILES string of the molecule is CC(C)OC(=O)c1ccc(Nc2cccc(-c3cccnc3)c2)c([N+](=O)[O-])c1. The van der Waals surface area contributed by atoms with Gasteiger partial charge < -0.3 is 10.1 Å². The van der Waals surface area contributed by atoms with E-state index in [1.165, 1.54) is 18.2 Å². The molecule has 3 aromatic rings. The smallest absolute Gasteiger partial charge is 0.338 e. The summed E-state index contributed by atoms with van der Waals surface area (Å²) in [5, 5.41) is 14.6. The zero-order chi connectivity index (χ0) is 20.1. The summed E-state index contributed by atoms with van der Waals surface area (Å²) >= 11 is 0. The van der Waals surface area contributed by atoms with Crippen LogP contribution in [0.5, 0.6) is 0 Å². The first-order chi connectivity index (χ1) is 13.4. The molecule has 1 N–H and O–H groups in total. The summed E-state index contributed by atoms with van der Waals surface area (Å²) in [6, 6.07) is 15.5. The fourth-order valence-corrected chi connectivity index (χ4v) is 2.66. The molecule has 0 bridgehead atoms. The van der Waals surface area contributed by atoms with Crippen LogP contribution >= 0.6 is 0 Å². The van der Waals surface area contributed by atoms with Crippen LogP contribution in [0.25, 0.3) is 11.1 Å². The van der Waals surface area contributed by atoms with E-state index in [9.17, 15) is 14.9 Å². The Morgan fingerprint density at radius 1 is 1.11 bits per heavy atom. The van der Waals surface area contributed by atoms with Crippen LogP contribution in [0.2, 0.25) is 0 Å². The summed E-state index contributed by atoms with van der Waals surface area (Å²) < 4.78 is 5.11. The number of rotatable bonds is 6. The summed E-state index contributed by atoms with van der Waals surface area (Å²) in [6.45, 7) is 3.44. The van der Waals surface area contributed by atoms with Crippen LogP contribution < -0.4 is 5.32 Å². The van der Waals surface area contributed by atoms with Crippen LogP contribution in [0, 0.1) is 10.1 Å². The maximum absolute atomic E-state index is 12.0. The first-order valence-corrected chi connectivity index (χ1v) is 8.71. The molecule has 0 amide bonds. The molecule has 0 aliphatic carbocycles. The maximum Gasteiger partial charge on any atom is 0.338 e. The normalized spacial score (nSPS) is 10.5. The van der Waals surface area contributed by atoms with Crippen molar-refractivity contribution < 1.29 is 14.5 Å². The van der Waals surface area contributed by atoms with Gasteiger partial charge in [0.1, 0.15) is 5.69 Å². The maximum atomic E-state index is 12.0. The Balaban J connectivity index is 1.90. The van der Waals surface area contributed by atoms with E-state index in [0.29, 0.717) is 5.69 Å². The summed E-state index contributed by atoms with van der Waals surface area (Å²) in [5.74, 6) is -0.594. The minimum absolute atomic E-state index is 0.134. The van der Waals surface area contributed by atoms with Crippen LogP contribution in [-0.4, -0.2) is 22.0 Å². The van der Waals surface area contributed by atoms with E-state index in [2.05, 4.69) is 10.3 Å². The van der Waals surface area contributed by atoms with Gasteiger partial charge in [0.05, 0.1) is 16.6 Å². The number of nitro groups is 1. The number of esters is 1. The number of benzene rings is 2. The largest absolute Gasteiger partial charge is 0.459 e. The standard InChI is InChI=1S/C21H19N3O4/c1-14(2)28-21(25)16-8-9-19(20(12-16)24(26)27)23-18-7-3-5-15(11-18)17-6-4-10-22-13-17/h3-14,23H,1-2H3. The van der Waals surface area contributed by atoms with Crippen molar-refractivity contribution in [2.24, 2.45) is 0 Å². The zero-order valence-electron chi connectivity index (χ0n) is 15.5. The van der Waals surface area contributed by atoms with E-state index in [4.69, 9.17) is 4.74 Å². The highest BCUT2D eigenvalue weighted by atomic mass is 16.6. The van der Waals surface area contributed by atoms with Crippen molar-refractivity contribution in [1.82, 2.24) is 4.98 Å². The van der Waals surface area contributed by atoms with Crippen LogP contribution in [0.1, 0.15) is 24.2 Å². The fraction of sp³-hybridized carbons (Fsp3) is 0.143. The number of ether oxygens (including phenoxy) is 1. The molecule has 7 nitrogen and oxygen atoms in total. The van der Waals surface area contributed by atoms with Crippen molar-refractivity contribution in [1.29, 1.82) is 0 Å². The lowest BCUT2D eigenvalue weighted by Gasteiger charge is -2.11. The number of carbonyl (C=O) groups excluding carboxylic acids is 1. The predicted octanol–water partition coefficient (Wildman–Crippen LogP) is 4.97. The van der Waals surface area contributed by atoms with E-state index >= 15 is 0 Å². The summed E-state index contributed by atoms with van der Waals surface area (Å²) in [7, 11) is 0. The molecule has 0 spiro atoms. The quantitative estimate of drug-likeness (QED) is 0.370. The average molecular weight is 377 g/mol. The molecule has 2 aromatic carbocycles. The van der Waals surface area contributed by atoms with Crippen LogP contribution in [0.4, 0.5) is 17.1 Å². The third-order valence-electron chi connectivity index (χ3n) is 3.91. The second-order valence-corrected chi connectivity index (χ2v) is 6.39. The van der Waals surface area contributed by atoms with Crippen molar-refractivity contribution in [3.8, 4) is 11.1 Å². The topological polar surface area (TPSA) is 94.4 Å². The second-order valence-electron chi connectivity index (χ2n) is 6.39. The van der Waals surface area contributed by atoms with E-state index in [-0.39, 0.29) is 23.0 Å². The van der Waals surface area contributed by atoms with E-state index < -0.39 is 10.9 Å². The fourth-order valence-electron chi connectivity index (χ4n) is 2.66. The van der Waals surface area contributed by atoms with Crippen molar-refractivity contribution in [2.45, 2.75) is 20.0 Å².